The molecule has 0 saturated heterocycles. The number of nitrogens with one attached hydrogen (secondary N) is 1. The number of rotatable bonds is 2. The number of hydrogen-bond donors (Lipinski definition) is 2. The van der Waals surface area contributed by atoms with Crippen molar-refractivity contribution in [3.8, 4) is 0 Å². The summed E-state index contributed by atoms with van der Waals surface area (Å²) in [5.74, 6) is -0.833. The molecular formula is C5H9NO3. The van der Waals surface area contributed by atoms with E-state index in [0.29, 0.717) is 6.41 Å². The first-order valence-electron chi connectivity index (χ1n) is 2.15. The molecule has 0 aromatic rings. The summed E-state index contributed by atoms with van der Waals surface area (Å²) in [4.78, 5) is 18.2. The lowest BCUT2D eigenvalue weighted by molar-refractivity contribution is -0.134. The SMILES string of the molecule is C=CNC=O.CC(=O)O. The lowest BCUT2D eigenvalue weighted by Crippen LogP contribution is -1.96. The minimum atomic E-state index is -0.833. The fourth-order valence-electron chi connectivity index (χ4n) is 0.0481. The van der Waals surface area contributed by atoms with Gasteiger partial charge in [-0.3, -0.25) is 9.59 Å². The predicted molar refractivity (Wildman–Crippen MR) is 32.7 cm³/mol. The van der Waals surface area contributed by atoms with E-state index < -0.39 is 5.97 Å². The zero-order valence-corrected chi connectivity index (χ0v) is 5.13. The fraction of sp³-hybridized carbons (Fsp3) is 0.200. The van der Waals surface area contributed by atoms with Crippen LogP contribution in [0, 0.1) is 0 Å². The Morgan fingerprint density at radius 3 is 2.11 bits per heavy atom. The molecule has 4 nitrogen and oxygen atoms in total. The van der Waals surface area contributed by atoms with Crippen molar-refractivity contribution in [3.05, 3.63) is 12.8 Å². The first-order valence-corrected chi connectivity index (χ1v) is 2.15. The first-order chi connectivity index (χ1) is 4.15. The second-order valence-electron chi connectivity index (χ2n) is 1.01. The topological polar surface area (TPSA) is 66.4 Å². The molecule has 1 amide bonds. The quantitative estimate of drug-likeness (QED) is 0.517. The van der Waals surface area contributed by atoms with Gasteiger partial charge in [-0.05, 0) is 6.20 Å². The van der Waals surface area contributed by atoms with Gasteiger partial charge in [0.1, 0.15) is 0 Å². The molecule has 4 heteroatoms. The maximum absolute atomic E-state index is 9.22. The van der Waals surface area contributed by atoms with Gasteiger partial charge in [-0.15, -0.1) is 0 Å². The summed E-state index contributed by atoms with van der Waals surface area (Å²) < 4.78 is 0. The summed E-state index contributed by atoms with van der Waals surface area (Å²) in [6.07, 6.45) is 1.88. The second kappa shape index (κ2) is 9.84. The van der Waals surface area contributed by atoms with Crippen LogP contribution in [0.5, 0.6) is 0 Å². The smallest absolute Gasteiger partial charge is 0.300 e. The maximum atomic E-state index is 9.22. The minimum Gasteiger partial charge on any atom is -0.481 e. The highest BCUT2D eigenvalue weighted by Crippen LogP contribution is 1.42. The lowest BCUT2D eigenvalue weighted by Gasteiger charge is -1.70. The third-order valence-corrected chi connectivity index (χ3v) is 0.186. The number of aliphatic carboxylic acids is 1. The average molecular weight is 131 g/mol. The largest absolute Gasteiger partial charge is 0.481 e. The van der Waals surface area contributed by atoms with Crippen LogP contribution in [-0.4, -0.2) is 17.5 Å². The monoisotopic (exact) mass is 131 g/mol. The molecule has 0 aliphatic heterocycles. The van der Waals surface area contributed by atoms with Crippen molar-refractivity contribution in [3.63, 3.8) is 0 Å². The highest BCUT2D eigenvalue weighted by atomic mass is 16.4. The van der Waals surface area contributed by atoms with Gasteiger partial charge in [-0.2, -0.15) is 0 Å². The van der Waals surface area contributed by atoms with E-state index in [9.17, 15) is 4.79 Å². The molecule has 0 radical (unpaired) electrons. The third-order valence-electron chi connectivity index (χ3n) is 0.186. The van der Waals surface area contributed by atoms with Crippen LogP contribution in [0.2, 0.25) is 0 Å². The molecule has 0 aliphatic rings. The fourth-order valence-corrected chi connectivity index (χ4v) is 0.0481. The summed E-state index contributed by atoms with van der Waals surface area (Å²) in [6, 6.07) is 0. The molecule has 0 saturated carbocycles. The van der Waals surface area contributed by atoms with Gasteiger partial charge in [0.2, 0.25) is 6.41 Å². The Hall–Kier alpha value is -1.32. The molecule has 0 aliphatic carbocycles. The van der Waals surface area contributed by atoms with Gasteiger partial charge < -0.3 is 10.4 Å². The Labute approximate surface area is 53.2 Å². The van der Waals surface area contributed by atoms with Gasteiger partial charge in [0, 0.05) is 6.92 Å². The van der Waals surface area contributed by atoms with E-state index in [-0.39, 0.29) is 0 Å². The van der Waals surface area contributed by atoms with E-state index in [1.54, 1.807) is 0 Å². The van der Waals surface area contributed by atoms with E-state index in [0.717, 1.165) is 6.92 Å². The number of carboxylic acids is 1. The summed E-state index contributed by atoms with van der Waals surface area (Å²) >= 11 is 0. The molecule has 0 rings (SSSR count). The third kappa shape index (κ3) is 316. The lowest BCUT2D eigenvalue weighted by atomic mass is 10.9. The first kappa shape index (κ1) is 10.6. The Kier molecular flexibility index (Phi) is 11.6. The summed E-state index contributed by atoms with van der Waals surface area (Å²) in [6.45, 7) is 4.29. The van der Waals surface area contributed by atoms with Crippen LogP contribution in [0.25, 0.3) is 0 Å². The molecule has 0 unspecified atom stereocenters. The molecule has 0 aromatic carbocycles. The summed E-state index contributed by atoms with van der Waals surface area (Å²) in [5.41, 5.74) is 0. The van der Waals surface area contributed by atoms with E-state index >= 15 is 0 Å². The van der Waals surface area contributed by atoms with E-state index in [1.165, 1.54) is 6.20 Å². The van der Waals surface area contributed by atoms with Crippen molar-refractivity contribution in [2.24, 2.45) is 0 Å². The second-order valence-corrected chi connectivity index (χ2v) is 1.01. The maximum Gasteiger partial charge on any atom is 0.300 e. The molecule has 0 aromatic heterocycles. The van der Waals surface area contributed by atoms with E-state index in [2.05, 4.69) is 11.9 Å². The van der Waals surface area contributed by atoms with Crippen LogP contribution in [0.4, 0.5) is 0 Å². The Morgan fingerprint density at radius 1 is 1.78 bits per heavy atom. The van der Waals surface area contributed by atoms with Gasteiger partial charge in [0.25, 0.3) is 5.97 Å². The molecule has 2 N–H and O–H groups in total. The number of carbonyl (C=O) groups is 2. The van der Waals surface area contributed by atoms with E-state index in [1.807, 2.05) is 0 Å². The van der Waals surface area contributed by atoms with Gasteiger partial charge >= 0.3 is 0 Å². The zero-order valence-electron chi connectivity index (χ0n) is 5.13. The van der Waals surface area contributed by atoms with Crippen molar-refractivity contribution in [2.75, 3.05) is 0 Å². The summed E-state index contributed by atoms with van der Waals surface area (Å²) in [7, 11) is 0. The molecule has 0 fully saturated rings. The predicted octanol–water partition coefficient (Wildman–Crippen LogP) is -0.0332. The average Bonchev–Trinajstić information content (AvgIpc) is 1.66. The van der Waals surface area contributed by atoms with Crippen LogP contribution in [0.3, 0.4) is 0 Å². The highest BCUT2D eigenvalue weighted by molar-refractivity contribution is 5.62. The highest BCUT2D eigenvalue weighted by Gasteiger charge is 1.65. The number of carboxylic acid groups (broad SMARTS) is 1. The molecule has 0 heterocycles. The number of amides is 1. The van der Waals surface area contributed by atoms with Gasteiger partial charge in [-0.1, -0.05) is 6.58 Å². The molecule has 0 bridgehead atoms. The Balaban J connectivity index is 0. The standard InChI is InChI=1S/C3H5NO.C2H4O2/c1-2-4-3-5;1-2(3)4/h2-3H,1H2,(H,4,5);1H3,(H,3,4). The van der Waals surface area contributed by atoms with Crippen LogP contribution < -0.4 is 5.32 Å². The van der Waals surface area contributed by atoms with Gasteiger partial charge in [-0.25, -0.2) is 0 Å². The van der Waals surface area contributed by atoms with Crippen LogP contribution in [0.15, 0.2) is 12.8 Å². The number of carbonyl (C=O) groups excluding carboxylic acids is 1. The van der Waals surface area contributed by atoms with E-state index in [4.69, 9.17) is 9.90 Å². The van der Waals surface area contributed by atoms with Crippen molar-refractivity contribution in [2.45, 2.75) is 6.92 Å². The van der Waals surface area contributed by atoms with Crippen molar-refractivity contribution in [1.82, 2.24) is 5.32 Å². The van der Waals surface area contributed by atoms with Crippen LogP contribution >= 0.6 is 0 Å². The number of hydrogen-bond acceptors (Lipinski definition) is 2. The van der Waals surface area contributed by atoms with Gasteiger partial charge in [0.05, 0.1) is 0 Å². The Morgan fingerprint density at radius 2 is 2.11 bits per heavy atom. The molecule has 52 valence electrons. The molecule has 9 heavy (non-hydrogen) atoms. The van der Waals surface area contributed by atoms with Crippen LogP contribution in [0.1, 0.15) is 6.92 Å². The van der Waals surface area contributed by atoms with Crippen LogP contribution in [-0.2, 0) is 9.59 Å². The summed E-state index contributed by atoms with van der Waals surface area (Å²) in [5, 5.41) is 9.61. The zero-order chi connectivity index (χ0) is 7.70. The Bertz CT molecular complexity index is 90.4. The van der Waals surface area contributed by atoms with Gasteiger partial charge in [0.15, 0.2) is 0 Å². The van der Waals surface area contributed by atoms with Crippen molar-refractivity contribution < 1.29 is 14.7 Å². The normalized spacial score (nSPS) is 5.89. The van der Waals surface area contributed by atoms with Crippen molar-refractivity contribution >= 4 is 12.4 Å². The molecular weight excluding hydrogens is 122 g/mol. The minimum absolute atomic E-state index is 0.562. The molecule has 0 spiro atoms. The molecule has 0 atom stereocenters. The van der Waals surface area contributed by atoms with Crippen molar-refractivity contribution in [1.29, 1.82) is 0 Å².